The second-order valence-corrected chi connectivity index (χ2v) is 7.30. The number of halogens is 4. The largest absolute Gasteiger partial charge is 0.416 e. The number of oxime groups is 1. The van der Waals surface area contributed by atoms with Gasteiger partial charge in [0.1, 0.15) is 0 Å². The zero-order valence-corrected chi connectivity index (χ0v) is 17.1. The van der Waals surface area contributed by atoms with Gasteiger partial charge in [-0.2, -0.15) is 13.2 Å². The van der Waals surface area contributed by atoms with Crippen molar-refractivity contribution in [3.8, 4) is 0 Å². The van der Waals surface area contributed by atoms with Gasteiger partial charge in [0.05, 0.1) is 28.3 Å². The number of benzene rings is 2. The van der Waals surface area contributed by atoms with Crippen molar-refractivity contribution in [1.29, 1.82) is 0 Å². The van der Waals surface area contributed by atoms with Gasteiger partial charge in [0, 0.05) is 20.0 Å². The van der Waals surface area contributed by atoms with E-state index in [0.29, 0.717) is 28.4 Å². The monoisotopic (exact) mass is 423 g/mol. The Labute approximate surface area is 172 Å². The van der Waals surface area contributed by atoms with E-state index in [1.807, 2.05) is 37.9 Å². The first-order valence-electron chi connectivity index (χ1n) is 9.13. The minimum Gasteiger partial charge on any atom is -0.387 e. The molecule has 4 nitrogen and oxygen atoms in total. The summed E-state index contributed by atoms with van der Waals surface area (Å²) in [4.78, 5) is 11.9. The maximum Gasteiger partial charge on any atom is 0.416 e. The van der Waals surface area contributed by atoms with Crippen molar-refractivity contribution < 1.29 is 18.0 Å². The Balaban J connectivity index is 1.75. The highest BCUT2D eigenvalue weighted by Gasteiger charge is 2.31. The van der Waals surface area contributed by atoms with Gasteiger partial charge in [-0.3, -0.25) is 0 Å². The fourth-order valence-electron chi connectivity index (χ4n) is 2.94. The molecule has 0 aromatic heterocycles. The molecule has 154 valence electrons. The van der Waals surface area contributed by atoms with Gasteiger partial charge in [-0.05, 0) is 54.8 Å². The van der Waals surface area contributed by atoms with Gasteiger partial charge in [0.15, 0.2) is 6.10 Å². The lowest BCUT2D eigenvalue weighted by Crippen LogP contribution is -2.14. The van der Waals surface area contributed by atoms with Crippen molar-refractivity contribution in [3.63, 3.8) is 0 Å². The molecule has 1 unspecified atom stereocenters. The van der Waals surface area contributed by atoms with Gasteiger partial charge in [0.25, 0.3) is 0 Å². The molecule has 0 fully saturated rings. The zero-order chi connectivity index (χ0) is 21.2. The van der Waals surface area contributed by atoms with Crippen LogP contribution < -0.4 is 0 Å². The van der Waals surface area contributed by atoms with Gasteiger partial charge >= 0.3 is 6.18 Å². The smallest absolute Gasteiger partial charge is 0.387 e. The summed E-state index contributed by atoms with van der Waals surface area (Å²) in [5, 5.41) is 4.57. The van der Waals surface area contributed by atoms with Gasteiger partial charge in [0.2, 0.25) is 0 Å². The van der Waals surface area contributed by atoms with Crippen LogP contribution in [0.1, 0.15) is 41.7 Å². The van der Waals surface area contributed by atoms with Crippen LogP contribution in [0.25, 0.3) is 0 Å². The maximum atomic E-state index is 12.7. The number of nitrogens with zero attached hydrogens (tertiary/aromatic N) is 3. The van der Waals surface area contributed by atoms with Crippen LogP contribution in [0.15, 0.2) is 46.5 Å². The third-order valence-corrected chi connectivity index (χ3v) is 5.09. The molecule has 0 N–H and O–H groups in total. The topological polar surface area (TPSA) is 37.2 Å². The minimum atomic E-state index is -4.36. The van der Waals surface area contributed by atoms with E-state index in [-0.39, 0.29) is 6.10 Å². The minimum absolute atomic E-state index is 0.346. The molecule has 0 radical (unpaired) electrons. The molecule has 1 atom stereocenters. The van der Waals surface area contributed by atoms with Crippen LogP contribution in [0.4, 0.5) is 18.9 Å². The van der Waals surface area contributed by atoms with E-state index in [0.717, 1.165) is 29.8 Å². The molecule has 2 aromatic rings. The van der Waals surface area contributed by atoms with Crippen LogP contribution in [0.2, 0.25) is 5.02 Å². The Morgan fingerprint density at radius 3 is 2.59 bits per heavy atom. The number of rotatable bonds is 5. The molecule has 3 rings (SSSR count). The fourth-order valence-corrected chi connectivity index (χ4v) is 3.16. The Morgan fingerprint density at radius 2 is 1.97 bits per heavy atom. The number of alkyl halides is 3. The van der Waals surface area contributed by atoms with E-state index in [4.69, 9.17) is 16.4 Å². The highest BCUT2D eigenvalue weighted by atomic mass is 35.5. The number of hydrogen-bond acceptors (Lipinski definition) is 3. The van der Waals surface area contributed by atoms with Gasteiger partial charge < -0.3 is 9.74 Å². The molecule has 0 saturated carbocycles. The average molecular weight is 424 g/mol. The summed E-state index contributed by atoms with van der Waals surface area (Å²) in [7, 11) is 1.92. The van der Waals surface area contributed by atoms with E-state index < -0.39 is 11.7 Å². The third kappa shape index (κ3) is 4.90. The molecule has 29 heavy (non-hydrogen) atoms. The Kier molecular flexibility index (Phi) is 6.17. The lowest BCUT2D eigenvalue weighted by molar-refractivity contribution is -0.137. The van der Waals surface area contributed by atoms with Gasteiger partial charge in [-0.15, -0.1) is 0 Å². The summed E-state index contributed by atoms with van der Waals surface area (Å²) < 4.78 is 38.2. The summed E-state index contributed by atoms with van der Waals surface area (Å²) in [6, 6.07) is 8.62. The molecule has 0 amide bonds. The Hall–Kier alpha value is -2.54. The molecule has 1 aliphatic rings. The quantitative estimate of drug-likeness (QED) is 0.427. The lowest BCUT2D eigenvalue weighted by Gasteiger charge is -2.14. The van der Waals surface area contributed by atoms with Crippen LogP contribution in [0.3, 0.4) is 0 Å². The summed E-state index contributed by atoms with van der Waals surface area (Å²) in [6.07, 6.45) is -2.54. The van der Waals surface area contributed by atoms with Crippen LogP contribution in [0, 0.1) is 6.92 Å². The summed E-state index contributed by atoms with van der Waals surface area (Å²) in [5.74, 6) is 0. The standard InChI is InChI=1S/C21H21ClF3N3O/c1-4-28(3)12-26-19-9-13(2)16(10-17(19)22)20-11-18(27-29-20)14-5-7-15(8-6-14)21(23,24)25/h5-10,12,20H,4,11H2,1-3H3/b26-12-. The molecule has 0 saturated heterocycles. The van der Waals surface area contributed by atoms with Crippen molar-refractivity contribution in [2.45, 2.75) is 32.5 Å². The first kappa shape index (κ1) is 21.2. The molecular formula is C21H21ClF3N3O. The number of aryl methyl sites for hydroxylation is 1. The van der Waals surface area contributed by atoms with Gasteiger partial charge in [-0.25, -0.2) is 4.99 Å². The first-order chi connectivity index (χ1) is 13.7. The van der Waals surface area contributed by atoms with Gasteiger partial charge in [-0.1, -0.05) is 28.9 Å². The predicted octanol–water partition coefficient (Wildman–Crippen LogP) is 6.14. The summed E-state index contributed by atoms with van der Waals surface area (Å²) in [5.41, 5.74) is 3.01. The second-order valence-electron chi connectivity index (χ2n) is 6.89. The maximum absolute atomic E-state index is 12.7. The van der Waals surface area contributed by atoms with Crippen LogP contribution in [0.5, 0.6) is 0 Å². The molecule has 2 aromatic carbocycles. The van der Waals surface area contributed by atoms with E-state index >= 15 is 0 Å². The zero-order valence-electron chi connectivity index (χ0n) is 16.3. The lowest BCUT2D eigenvalue weighted by atomic mass is 9.96. The van der Waals surface area contributed by atoms with Crippen molar-refractivity contribution in [3.05, 3.63) is 63.7 Å². The van der Waals surface area contributed by atoms with Crippen molar-refractivity contribution in [2.75, 3.05) is 13.6 Å². The average Bonchev–Trinajstić information content (AvgIpc) is 3.17. The molecular weight excluding hydrogens is 403 g/mol. The summed E-state index contributed by atoms with van der Waals surface area (Å²) >= 11 is 6.39. The molecule has 0 spiro atoms. The highest BCUT2D eigenvalue weighted by molar-refractivity contribution is 6.33. The SMILES string of the molecule is CCN(C)/C=N\c1cc(C)c(C2CC(c3ccc(C(F)(F)F)cc3)=NO2)cc1Cl. The van der Waals surface area contributed by atoms with Crippen LogP contribution in [-0.4, -0.2) is 30.5 Å². The second kappa shape index (κ2) is 8.45. The highest BCUT2D eigenvalue weighted by Crippen LogP contribution is 2.37. The van der Waals surface area contributed by atoms with Crippen molar-refractivity contribution in [1.82, 2.24) is 4.90 Å². The van der Waals surface area contributed by atoms with Crippen LogP contribution in [-0.2, 0) is 11.0 Å². The Bertz CT molecular complexity index is 939. The Morgan fingerprint density at radius 1 is 1.28 bits per heavy atom. The van der Waals surface area contributed by atoms with E-state index in [2.05, 4.69) is 10.1 Å². The predicted molar refractivity (Wildman–Crippen MR) is 109 cm³/mol. The molecule has 0 bridgehead atoms. The molecule has 0 aliphatic carbocycles. The third-order valence-electron chi connectivity index (χ3n) is 4.79. The fraction of sp³-hybridized carbons (Fsp3) is 0.333. The molecule has 8 heteroatoms. The van der Waals surface area contributed by atoms with Crippen molar-refractivity contribution >= 4 is 29.3 Å². The van der Waals surface area contributed by atoms with E-state index in [1.54, 1.807) is 6.34 Å². The number of aliphatic imine (C=N–C) groups is 1. The van der Waals surface area contributed by atoms with Crippen LogP contribution >= 0.6 is 11.6 Å². The molecule has 1 aliphatic heterocycles. The number of hydrogen-bond donors (Lipinski definition) is 0. The summed E-state index contributed by atoms with van der Waals surface area (Å²) in [6.45, 7) is 4.79. The van der Waals surface area contributed by atoms with E-state index in [9.17, 15) is 13.2 Å². The van der Waals surface area contributed by atoms with E-state index in [1.165, 1.54) is 12.1 Å². The van der Waals surface area contributed by atoms with Crippen molar-refractivity contribution in [2.24, 2.45) is 10.1 Å². The first-order valence-corrected chi connectivity index (χ1v) is 9.51. The normalized spacial score (nSPS) is 16.8. The molecule has 1 heterocycles.